The van der Waals surface area contributed by atoms with Crippen LogP contribution in [0.1, 0.15) is 51.9 Å². The number of rotatable bonds is 5. The SMILES string of the molecule is CCNC1CCCCC1N(C)CC1CCC1. The first kappa shape index (κ1) is 12.4. The van der Waals surface area contributed by atoms with Crippen molar-refractivity contribution in [2.75, 3.05) is 20.1 Å². The third-order valence-corrected chi connectivity index (χ3v) is 4.53. The molecule has 0 spiro atoms. The third kappa shape index (κ3) is 2.98. The summed E-state index contributed by atoms with van der Waals surface area (Å²) >= 11 is 0. The number of nitrogens with one attached hydrogen (secondary N) is 1. The van der Waals surface area contributed by atoms with Gasteiger partial charge in [-0.3, -0.25) is 0 Å². The van der Waals surface area contributed by atoms with Crippen molar-refractivity contribution in [2.45, 2.75) is 64.0 Å². The monoisotopic (exact) mass is 224 g/mol. The molecule has 1 N–H and O–H groups in total. The second-order valence-electron chi connectivity index (χ2n) is 5.75. The molecule has 0 saturated heterocycles. The van der Waals surface area contributed by atoms with Gasteiger partial charge in [-0.1, -0.05) is 26.2 Å². The maximum Gasteiger partial charge on any atom is 0.0246 e. The Morgan fingerprint density at radius 2 is 1.81 bits per heavy atom. The molecule has 0 aromatic carbocycles. The molecular formula is C14H28N2. The van der Waals surface area contributed by atoms with Crippen molar-refractivity contribution in [3.8, 4) is 0 Å². The first-order chi connectivity index (χ1) is 7.81. The van der Waals surface area contributed by atoms with Gasteiger partial charge in [0.05, 0.1) is 0 Å². The average Bonchev–Trinajstić information content (AvgIpc) is 2.24. The number of likely N-dealkylation sites (N-methyl/N-ethyl adjacent to an activating group) is 2. The van der Waals surface area contributed by atoms with E-state index in [1.54, 1.807) is 0 Å². The predicted molar refractivity (Wildman–Crippen MR) is 69.7 cm³/mol. The summed E-state index contributed by atoms with van der Waals surface area (Å²) in [6.07, 6.45) is 10.1. The molecule has 2 fully saturated rings. The van der Waals surface area contributed by atoms with Crippen LogP contribution < -0.4 is 5.32 Å². The first-order valence-electron chi connectivity index (χ1n) is 7.25. The van der Waals surface area contributed by atoms with Crippen LogP contribution in [0, 0.1) is 5.92 Å². The largest absolute Gasteiger partial charge is 0.313 e. The van der Waals surface area contributed by atoms with Crippen LogP contribution in [-0.2, 0) is 0 Å². The number of hydrogen-bond acceptors (Lipinski definition) is 2. The van der Waals surface area contributed by atoms with Gasteiger partial charge in [-0.05, 0) is 45.2 Å². The van der Waals surface area contributed by atoms with Crippen LogP contribution >= 0.6 is 0 Å². The number of nitrogens with zero attached hydrogens (tertiary/aromatic N) is 1. The molecule has 2 rings (SSSR count). The second kappa shape index (κ2) is 6.02. The topological polar surface area (TPSA) is 15.3 Å². The summed E-state index contributed by atoms with van der Waals surface area (Å²) in [6.45, 7) is 4.70. The van der Waals surface area contributed by atoms with Crippen molar-refractivity contribution >= 4 is 0 Å². The zero-order valence-electron chi connectivity index (χ0n) is 11.0. The van der Waals surface area contributed by atoms with Crippen LogP contribution in [0.15, 0.2) is 0 Å². The van der Waals surface area contributed by atoms with Gasteiger partial charge in [0.2, 0.25) is 0 Å². The maximum atomic E-state index is 3.68. The van der Waals surface area contributed by atoms with E-state index in [4.69, 9.17) is 0 Å². The Hall–Kier alpha value is -0.0800. The summed E-state index contributed by atoms with van der Waals surface area (Å²) in [5, 5.41) is 3.68. The normalized spacial score (nSPS) is 31.7. The fraction of sp³-hybridized carbons (Fsp3) is 1.00. The predicted octanol–water partition coefficient (Wildman–Crippen LogP) is 2.64. The summed E-state index contributed by atoms with van der Waals surface area (Å²) in [5.74, 6) is 1.01. The van der Waals surface area contributed by atoms with Gasteiger partial charge in [0, 0.05) is 18.6 Å². The Morgan fingerprint density at radius 3 is 2.44 bits per heavy atom. The Bertz CT molecular complexity index is 199. The van der Waals surface area contributed by atoms with Crippen LogP contribution in [0.5, 0.6) is 0 Å². The first-order valence-corrected chi connectivity index (χ1v) is 7.25. The zero-order valence-corrected chi connectivity index (χ0v) is 11.0. The molecule has 94 valence electrons. The fourth-order valence-corrected chi connectivity index (χ4v) is 3.36. The minimum Gasteiger partial charge on any atom is -0.313 e. The van der Waals surface area contributed by atoms with Gasteiger partial charge in [-0.15, -0.1) is 0 Å². The molecule has 0 heterocycles. The van der Waals surface area contributed by atoms with Crippen LogP contribution in [0.25, 0.3) is 0 Å². The minimum atomic E-state index is 0.754. The summed E-state index contributed by atoms with van der Waals surface area (Å²) in [4.78, 5) is 2.65. The molecule has 2 aliphatic rings. The molecule has 0 aromatic rings. The van der Waals surface area contributed by atoms with Crippen LogP contribution in [-0.4, -0.2) is 37.1 Å². The highest BCUT2D eigenvalue weighted by Crippen LogP contribution is 2.29. The van der Waals surface area contributed by atoms with E-state index in [9.17, 15) is 0 Å². The van der Waals surface area contributed by atoms with E-state index in [0.717, 1.165) is 24.5 Å². The van der Waals surface area contributed by atoms with Gasteiger partial charge in [-0.25, -0.2) is 0 Å². The lowest BCUT2D eigenvalue weighted by atomic mass is 9.83. The molecule has 2 atom stereocenters. The molecule has 2 heteroatoms. The molecule has 16 heavy (non-hydrogen) atoms. The fourth-order valence-electron chi connectivity index (χ4n) is 3.36. The van der Waals surface area contributed by atoms with Gasteiger partial charge in [-0.2, -0.15) is 0 Å². The van der Waals surface area contributed by atoms with Crippen LogP contribution in [0.4, 0.5) is 0 Å². The molecule has 2 unspecified atom stereocenters. The van der Waals surface area contributed by atoms with Crippen molar-refractivity contribution in [2.24, 2.45) is 5.92 Å². The zero-order chi connectivity index (χ0) is 11.4. The van der Waals surface area contributed by atoms with Gasteiger partial charge in [0.15, 0.2) is 0 Å². The maximum absolute atomic E-state index is 3.68. The molecule has 0 radical (unpaired) electrons. The molecule has 0 aromatic heterocycles. The van der Waals surface area contributed by atoms with E-state index >= 15 is 0 Å². The van der Waals surface area contributed by atoms with E-state index in [1.165, 1.54) is 51.5 Å². The van der Waals surface area contributed by atoms with Crippen molar-refractivity contribution < 1.29 is 0 Å². The highest BCUT2D eigenvalue weighted by molar-refractivity contribution is 4.88. The van der Waals surface area contributed by atoms with Gasteiger partial charge >= 0.3 is 0 Å². The molecule has 0 bridgehead atoms. The van der Waals surface area contributed by atoms with E-state index in [1.807, 2.05) is 0 Å². The molecular weight excluding hydrogens is 196 g/mol. The van der Waals surface area contributed by atoms with E-state index in [0.29, 0.717) is 0 Å². The summed E-state index contributed by atoms with van der Waals surface area (Å²) in [6, 6.07) is 1.55. The average molecular weight is 224 g/mol. The summed E-state index contributed by atoms with van der Waals surface area (Å²) in [5.41, 5.74) is 0. The minimum absolute atomic E-state index is 0.754. The summed E-state index contributed by atoms with van der Waals surface area (Å²) < 4.78 is 0. The van der Waals surface area contributed by atoms with Crippen molar-refractivity contribution in [3.63, 3.8) is 0 Å². The standard InChI is InChI=1S/C14H28N2/c1-3-15-13-9-4-5-10-14(13)16(2)11-12-7-6-8-12/h12-15H,3-11H2,1-2H3. The van der Waals surface area contributed by atoms with Gasteiger partial charge in [0.1, 0.15) is 0 Å². The highest BCUT2D eigenvalue weighted by atomic mass is 15.2. The third-order valence-electron chi connectivity index (χ3n) is 4.53. The van der Waals surface area contributed by atoms with Crippen molar-refractivity contribution in [1.82, 2.24) is 10.2 Å². The Morgan fingerprint density at radius 1 is 1.06 bits per heavy atom. The smallest absolute Gasteiger partial charge is 0.0246 e. The number of hydrogen-bond donors (Lipinski definition) is 1. The lowest BCUT2D eigenvalue weighted by Crippen LogP contribution is -2.51. The molecule has 2 nitrogen and oxygen atoms in total. The second-order valence-corrected chi connectivity index (χ2v) is 5.75. The van der Waals surface area contributed by atoms with E-state index in [2.05, 4.69) is 24.2 Å². The lowest BCUT2D eigenvalue weighted by molar-refractivity contribution is 0.110. The van der Waals surface area contributed by atoms with Gasteiger partial charge < -0.3 is 10.2 Å². The molecule has 2 saturated carbocycles. The molecule has 0 aliphatic heterocycles. The van der Waals surface area contributed by atoms with Crippen molar-refractivity contribution in [1.29, 1.82) is 0 Å². The Kier molecular flexibility index (Phi) is 4.66. The summed E-state index contributed by atoms with van der Waals surface area (Å²) in [7, 11) is 2.35. The Labute approximate surface area is 101 Å². The van der Waals surface area contributed by atoms with Crippen LogP contribution in [0.2, 0.25) is 0 Å². The van der Waals surface area contributed by atoms with E-state index < -0.39 is 0 Å². The van der Waals surface area contributed by atoms with Gasteiger partial charge in [0.25, 0.3) is 0 Å². The van der Waals surface area contributed by atoms with Crippen molar-refractivity contribution in [3.05, 3.63) is 0 Å². The van der Waals surface area contributed by atoms with Crippen LogP contribution in [0.3, 0.4) is 0 Å². The van der Waals surface area contributed by atoms with E-state index in [-0.39, 0.29) is 0 Å². The molecule has 0 amide bonds. The highest BCUT2D eigenvalue weighted by Gasteiger charge is 2.29. The molecule has 2 aliphatic carbocycles. The quantitative estimate of drug-likeness (QED) is 0.772. The Balaban J connectivity index is 1.82. The lowest BCUT2D eigenvalue weighted by Gasteiger charge is -2.41.